The predicted molar refractivity (Wildman–Crippen MR) is 80.6 cm³/mol. The van der Waals surface area contributed by atoms with Gasteiger partial charge in [-0.1, -0.05) is 23.5 Å². The number of hydrogen-bond donors (Lipinski definition) is 1. The SMILES string of the molecule is COc1ccc(Cc2c(C(=O)O)sc3ncc(C)n23)cc1. The third-order valence-electron chi connectivity index (χ3n) is 3.36. The molecular weight excluding hydrogens is 288 g/mol. The van der Waals surface area contributed by atoms with E-state index in [0.29, 0.717) is 16.3 Å². The van der Waals surface area contributed by atoms with Crippen LogP contribution < -0.4 is 4.74 Å². The molecule has 0 fully saturated rings. The molecule has 0 amide bonds. The maximum Gasteiger partial charge on any atom is 0.347 e. The maximum atomic E-state index is 11.4. The normalized spacial score (nSPS) is 11.0. The molecule has 3 aromatic rings. The summed E-state index contributed by atoms with van der Waals surface area (Å²) in [6.07, 6.45) is 2.30. The molecule has 0 aliphatic heterocycles. The van der Waals surface area contributed by atoms with Crippen LogP contribution in [0.25, 0.3) is 4.96 Å². The Morgan fingerprint density at radius 2 is 2.10 bits per heavy atom. The number of methoxy groups -OCH3 is 1. The van der Waals surface area contributed by atoms with E-state index in [-0.39, 0.29) is 0 Å². The van der Waals surface area contributed by atoms with Gasteiger partial charge >= 0.3 is 5.97 Å². The van der Waals surface area contributed by atoms with Crippen molar-refractivity contribution in [2.75, 3.05) is 7.11 Å². The second kappa shape index (κ2) is 5.21. The molecule has 3 rings (SSSR count). The second-order valence-electron chi connectivity index (χ2n) is 4.73. The number of rotatable bonds is 4. The molecule has 0 radical (unpaired) electrons. The number of nitrogens with zero attached hydrogens (tertiary/aromatic N) is 2. The first-order chi connectivity index (χ1) is 10.1. The molecule has 2 heterocycles. The lowest BCUT2D eigenvalue weighted by atomic mass is 10.1. The van der Waals surface area contributed by atoms with Crippen molar-refractivity contribution < 1.29 is 14.6 Å². The van der Waals surface area contributed by atoms with Gasteiger partial charge in [0.1, 0.15) is 10.6 Å². The topological polar surface area (TPSA) is 63.8 Å². The van der Waals surface area contributed by atoms with Gasteiger partial charge in [0, 0.05) is 18.3 Å². The zero-order chi connectivity index (χ0) is 15.0. The Morgan fingerprint density at radius 1 is 1.38 bits per heavy atom. The Bertz CT molecular complexity index is 802. The van der Waals surface area contributed by atoms with Crippen LogP contribution in [0.4, 0.5) is 0 Å². The minimum Gasteiger partial charge on any atom is -0.497 e. The van der Waals surface area contributed by atoms with Crippen LogP contribution in [0.1, 0.15) is 26.6 Å². The number of fused-ring (bicyclic) bond motifs is 1. The van der Waals surface area contributed by atoms with Gasteiger partial charge in [-0.3, -0.25) is 4.40 Å². The summed E-state index contributed by atoms with van der Waals surface area (Å²) in [5.41, 5.74) is 2.74. The fraction of sp³-hybridized carbons (Fsp3) is 0.200. The first kappa shape index (κ1) is 13.6. The van der Waals surface area contributed by atoms with Crippen LogP contribution in [0.15, 0.2) is 30.5 Å². The van der Waals surface area contributed by atoms with Crippen molar-refractivity contribution in [2.45, 2.75) is 13.3 Å². The molecule has 21 heavy (non-hydrogen) atoms. The van der Waals surface area contributed by atoms with Gasteiger partial charge in [-0.25, -0.2) is 9.78 Å². The van der Waals surface area contributed by atoms with Crippen molar-refractivity contribution in [2.24, 2.45) is 0 Å². The van der Waals surface area contributed by atoms with E-state index in [2.05, 4.69) is 4.98 Å². The number of aromatic carboxylic acids is 1. The molecule has 1 aromatic carbocycles. The average molecular weight is 302 g/mol. The van der Waals surface area contributed by atoms with E-state index in [9.17, 15) is 9.90 Å². The van der Waals surface area contributed by atoms with Gasteiger partial charge in [0.05, 0.1) is 12.8 Å². The lowest BCUT2D eigenvalue weighted by Gasteiger charge is -2.05. The summed E-state index contributed by atoms with van der Waals surface area (Å²) >= 11 is 1.21. The van der Waals surface area contributed by atoms with Crippen LogP contribution >= 0.6 is 11.3 Å². The van der Waals surface area contributed by atoms with Crippen LogP contribution in [0.3, 0.4) is 0 Å². The Kier molecular flexibility index (Phi) is 3.39. The van der Waals surface area contributed by atoms with E-state index in [1.807, 2.05) is 35.6 Å². The molecule has 108 valence electrons. The fourth-order valence-corrected chi connectivity index (χ4v) is 3.33. The van der Waals surface area contributed by atoms with Crippen molar-refractivity contribution in [1.29, 1.82) is 0 Å². The second-order valence-corrected chi connectivity index (χ2v) is 5.70. The van der Waals surface area contributed by atoms with Crippen LogP contribution in [-0.4, -0.2) is 27.6 Å². The van der Waals surface area contributed by atoms with Crippen molar-refractivity contribution >= 4 is 22.3 Å². The van der Waals surface area contributed by atoms with Crippen LogP contribution in [0, 0.1) is 6.92 Å². The molecule has 0 spiro atoms. The van der Waals surface area contributed by atoms with Gasteiger partial charge in [-0.2, -0.15) is 0 Å². The Labute approximate surface area is 125 Å². The molecule has 0 saturated carbocycles. The van der Waals surface area contributed by atoms with Gasteiger partial charge in [-0.15, -0.1) is 0 Å². The van der Waals surface area contributed by atoms with Gasteiger partial charge < -0.3 is 9.84 Å². The van der Waals surface area contributed by atoms with Crippen LogP contribution in [0.5, 0.6) is 5.75 Å². The number of thiazole rings is 1. The maximum absolute atomic E-state index is 11.4. The minimum atomic E-state index is -0.909. The van der Waals surface area contributed by atoms with Gasteiger partial charge in [-0.05, 0) is 24.6 Å². The largest absolute Gasteiger partial charge is 0.497 e. The van der Waals surface area contributed by atoms with Gasteiger partial charge in [0.15, 0.2) is 4.96 Å². The third-order valence-corrected chi connectivity index (χ3v) is 4.44. The summed E-state index contributed by atoms with van der Waals surface area (Å²) in [5, 5.41) is 9.39. The van der Waals surface area contributed by atoms with E-state index in [4.69, 9.17) is 4.74 Å². The van der Waals surface area contributed by atoms with E-state index in [0.717, 1.165) is 22.7 Å². The van der Waals surface area contributed by atoms with Crippen molar-refractivity contribution in [3.63, 3.8) is 0 Å². The molecule has 0 bridgehead atoms. The molecule has 0 aliphatic carbocycles. The molecule has 2 aromatic heterocycles. The molecule has 0 atom stereocenters. The highest BCUT2D eigenvalue weighted by Crippen LogP contribution is 2.27. The molecule has 0 saturated heterocycles. The first-order valence-corrected chi connectivity index (χ1v) is 7.23. The van der Waals surface area contributed by atoms with E-state index in [1.54, 1.807) is 13.3 Å². The quantitative estimate of drug-likeness (QED) is 0.804. The highest BCUT2D eigenvalue weighted by atomic mass is 32.1. The summed E-state index contributed by atoms with van der Waals surface area (Å²) in [6.45, 7) is 1.93. The zero-order valence-corrected chi connectivity index (χ0v) is 12.5. The number of carboxylic acid groups (broad SMARTS) is 1. The number of benzene rings is 1. The highest BCUT2D eigenvalue weighted by molar-refractivity contribution is 7.19. The third kappa shape index (κ3) is 2.38. The fourth-order valence-electron chi connectivity index (χ4n) is 2.33. The van der Waals surface area contributed by atoms with Gasteiger partial charge in [0.25, 0.3) is 0 Å². The number of aromatic nitrogens is 2. The molecule has 6 heteroatoms. The molecule has 0 unspecified atom stereocenters. The predicted octanol–water partition coefficient (Wildman–Crippen LogP) is 3.00. The molecule has 5 nitrogen and oxygen atoms in total. The lowest BCUT2D eigenvalue weighted by Crippen LogP contribution is -2.03. The zero-order valence-electron chi connectivity index (χ0n) is 11.7. The summed E-state index contributed by atoms with van der Waals surface area (Å²) in [6, 6.07) is 7.64. The van der Waals surface area contributed by atoms with E-state index >= 15 is 0 Å². The van der Waals surface area contributed by atoms with E-state index < -0.39 is 5.97 Å². The monoisotopic (exact) mass is 302 g/mol. The van der Waals surface area contributed by atoms with E-state index in [1.165, 1.54) is 11.3 Å². The minimum absolute atomic E-state index is 0.344. The molecule has 0 aliphatic rings. The van der Waals surface area contributed by atoms with Crippen LogP contribution in [0.2, 0.25) is 0 Å². The highest BCUT2D eigenvalue weighted by Gasteiger charge is 2.20. The smallest absolute Gasteiger partial charge is 0.347 e. The number of hydrogen-bond acceptors (Lipinski definition) is 4. The average Bonchev–Trinajstić information content (AvgIpc) is 3.01. The number of carbonyl (C=O) groups is 1. The van der Waals surface area contributed by atoms with Gasteiger partial charge in [0.2, 0.25) is 0 Å². The number of imidazole rings is 1. The lowest BCUT2D eigenvalue weighted by molar-refractivity contribution is 0.0700. The van der Waals surface area contributed by atoms with Crippen molar-refractivity contribution in [1.82, 2.24) is 9.38 Å². The Morgan fingerprint density at radius 3 is 2.71 bits per heavy atom. The first-order valence-electron chi connectivity index (χ1n) is 6.42. The van der Waals surface area contributed by atoms with Crippen LogP contribution in [-0.2, 0) is 6.42 Å². The number of ether oxygens (including phenoxy) is 1. The standard InChI is InChI=1S/C15H14N2O3S/c1-9-8-16-15-17(9)12(13(21-15)14(18)19)7-10-3-5-11(20-2)6-4-10/h3-6,8H,7H2,1-2H3,(H,18,19). The molecular formula is C15H14N2O3S. The summed E-state index contributed by atoms with van der Waals surface area (Å²) in [7, 11) is 1.62. The Hall–Kier alpha value is -2.34. The summed E-state index contributed by atoms with van der Waals surface area (Å²) in [4.78, 5) is 16.8. The number of carboxylic acids is 1. The summed E-state index contributed by atoms with van der Waals surface area (Å²) < 4.78 is 7.05. The van der Waals surface area contributed by atoms with Crippen molar-refractivity contribution in [3.8, 4) is 5.75 Å². The number of aryl methyl sites for hydroxylation is 1. The molecule has 1 N–H and O–H groups in total. The summed E-state index contributed by atoms with van der Waals surface area (Å²) in [5.74, 6) is -0.125. The Balaban J connectivity index is 2.06. The van der Waals surface area contributed by atoms with Crippen molar-refractivity contribution in [3.05, 3.63) is 52.3 Å².